The summed E-state index contributed by atoms with van der Waals surface area (Å²) >= 11 is 0. The van der Waals surface area contributed by atoms with Gasteiger partial charge in [-0.25, -0.2) is 4.98 Å². The average molecular weight is 140 g/mol. The molecular formula is C6H9N2P. The molecule has 1 aromatic rings. The Morgan fingerprint density at radius 2 is 2.44 bits per heavy atom. The van der Waals surface area contributed by atoms with Gasteiger partial charge in [-0.1, -0.05) is 6.07 Å². The van der Waals surface area contributed by atoms with Gasteiger partial charge in [0.1, 0.15) is 5.82 Å². The topological polar surface area (TPSA) is 24.9 Å². The summed E-state index contributed by atoms with van der Waals surface area (Å²) in [6.45, 7) is 0. The fourth-order valence-electron chi connectivity index (χ4n) is 0.572. The van der Waals surface area contributed by atoms with Crippen LogP contribution < -0.4 is 5.32 Å². The molecule has 2 nitrogen and oxygen atoms in total. The molecule has 0 amide bonds. The first kappa shape index (κ1) is 6.50. The summed E-state index contributed by atoms with van der Waals surface area (Å²) in [6.07, 6.45) is 2.61. The maximum Gasteiger partial charge on any atom is 0.126 e. The van der Waals surface area contributed by atoms with Crippen LogP contribution in [0, 0.1) is 0 Å². The smallest absolute Gasteiger partial charge is 0.126 e. The Kier molecular flexibility index (Phi) is 2.47. The fourth-order valence-corrected chi connectivity index (χ4v) is 0.781. The van der Waals surface area contributed by atoms with Crippen LogP contribution in [-0.4, -0.2) is 11.3 Å². The van der Waals surface area contributed by atoms with Gasteiger partial charge in [-0.3, -0.25) is 0 Å². The lowest BCUT2D eigenvalue weighted by atomic mass is 10.5. The molecule has 0 spiro atoms. The second kappa shape index (κ2) is 3.41. The molecule has 0 fully saturated rings. The SMILES string of the molecule is PCNc1ccccn1. The zero-order valence-electron chi connectivity index (χ0n) is 5.04. The number of rotatable bonds is 2. The number of nitrogens with zero attached hydrogens (tertiary/aromatic N) is 1. The van der Waals surface area contributed by atoms with Crippen molar-refractivity contribution in [3.8, 4) is 0 Å². The van der Waals surface area contributed by atoms with Crippen molar-refractivity contribution in [1.29, 1.82) is 0 Å². The van der Waals surface area contributed by atoms with E-state index in [1.165, 1.54) is 0 Å². The molecule has 0 aromatic carbocycles. The Morgan fingerprint density at radius 1 is 1.56 bits per heavy atom. The third-order valence-electron chi connectivity index (χ3n) is 0.948. The van der Waals surface area contributed by atoms with Crippen LogP contribution in [0.4, 0.5) is 5.82 Å². The molecule has 1 aromatic heterocycles. The minimum absolute atomic E-state index is 0.844. The highest BCUT2D eigenvalue weighted by molar-refractivity contribution is 7.16. The number of hydrogen-bond acceptors (Lipinski definition) is 2. The molecule has 1 heterocycles. The lowest BCUT2D eigenvalue weighted by Gasteiger charge is -1.97. The van der Waals surface area contributed by atoms with Crippen LogP contribution in [0.15, 0.2) is 24.4 Å². The Morgan fingerprint density at radius 3 is 3.00 bits per heavy atom. The number of aromatic nitrogens is 1. The Labute approximate surface area is 56.9 Å². The molecule has 1 rings (SSSR count). The molecule has 0 aliphatic carbocycles. The average Bonchev–Trinajstić information content (AvgIpc) is 1.91. The second-order valence-corrected chi connectivity index (χ2v) is 2.00. The first-order valence-electron chi connectivity index (χ1n) is 2.78. The summed E-state index contributed by atoms with van der Waals surface area (Å²) in [6, 6.07) is 5.79. The lowest BCUT2D eigenvalue weighted by molar-refractivity contribution is 1.27. The van der Waals surface area contributed by atoms with Crippen molar-refractivity contribution in [2.24, 2.45) is 0 Å². The van der Waals surface area contributed by atoms with Crippen LogP contribution in [0.1, 0.15) is 0 Å². The predicted molar refractivity (Wildman–Crippen MR) is 42.4 cm³/mol. The first-order chi connectivity index (χ1) is 4.43. The number of anilines is 1. The largest absolute Gasteiger partial charge is 0.367 e. The Balaban J connectivity index is 2.61. The maximum atomic E-state index is 4.04. The molecule has 0 aliphatic rings. The molecule has 0 saturated heterocycles. The molecule has 1 N–H and O–H groups in total. The van der Waals surface area contributed by atoms with Crippen molar-refractivity contribution in [3.05, 3.63) is 24.4 Å². The van der Waals surface area contributed by atoms with Gasteiger partial charge in [-0.15, -0.1) is 9.24 Å². The third-order valence-corrected chi connectivity index (χ3v) is 1.15. The second-order valence-electron chi connectivity index (χ2n) is 1.60. The van der Waals surface area contributed by atoms with Gasteiger partial charge < -0.3 is 5.32 Å². The molecule has 0 bridgehead atoms. The van der Waals surface area contributed by atoms with E-state index >= 15 is 0 Å². The van der Waals surface area contributed by atoms with Gasteiger partial charge in [0.25, 0.3) is 0 Å². The summed E-state index contributed by atoms with van der Waals surface area (Å²) < 4.78 is 0. The molecule has 0 radical (unpaired) electrons. The summed E-state index contributed by atoms with van der Waals surface area (Å²) in [4.78, 5) is 4.04. The molecular weight excluding hydrogens is 131 g/mol. The van der Waals surface area contributed by atoms with Crippen molar-refractivity contribution < 1.29 is 0 Å². The van der Waals surface area contributed by atoms with Crippen molar-refractivity contribution in [3.63, 3.8) is 0 Å². The zero-order chi connectivity index (χ0) is 6.53. The highest BCUT2D eigenvalue weighted by Crippen LogP contribution is 1.99. The van der Waals surface area contributed by atoms with E-state index in [9.17, 15) is 0 Å². The summed E-state index contributed by atoms with van der Waals surface area (Å²) in [5.41, 5.74) is 0. The van der Waals surface area contributed by atoms with Crippen LogP contribution in [-0.2, 0) is 0 Å². The van der Waals surface area contributed by atoms with E-state index < -0.39 is 0 Å². The predicted octanol–water partition coefficient (Wildman–Crippen LogP) is 1.33. The van der Waals surface area contributed by atoms with Gasteiger partial charge in [-0.05, 0) is 12.1 Å². The number of nitrogens with one attached hydrogen (secondary N) is 1. The Bertz CT molecular complexity index is 164. The fraction of sp³-hybridized carbons (Fsp3) is 0.167. The molecule has 48 valence electrons. The van der Waals surface area contributed by atoms with Gasteiger partial charge >= 0.3 is 0 Å². The highest BCUT2D eigenvalue weighted by Gasteiger charge is 1.83. The van der Waals surface area contributed by atoms with E-state index in [2.05, 4.69) is 19.5 Å². The molecule has 1 unspecified atom stereocenters. The van der Waals surface area contributed by atoms with Gasteiger partial charge in [0.05, 0.1) is 0 Å². The monoisotopic (exact) mass is 140 g/mol. The molecule has 1 atom stereocenters. The Hall–Kier alpha value is -0.620. The van der Waals surface area contributed by atoms with Gasteiger partial charge in [0, 0.05) is 12.5 Å². The molecule has 9 heavy (non-hydrogen) atoms. The molecule has 3 heteroatoms. The van der Waals surface area contributed by atoms with Crippen molar-refractivity contribution in [1.82, 2.24) is 4.98 Å². The summed E-state index contributed by atoms with van der Waals surface area (Å²) in [7, 11) is 2.58. The van der Waals surface area contributed by atoms with E-state index in [1.54, 1.807) is 6.20 Å². The first-order valence-corrected chi connectivity index (χ1v) is 3.60. The van der Waals surface area contributed by atoms with E-state index in [0.717, 1.165) is 12.1 Å². The van der Waals surface area contributed by atoms with Crippen molar-refractivity contribution in [2.45, 2.75) is 0 Å². The standard InChI is InChI=1S/C6H9N2P/c9-5-8-6-3-1-2-4-7-6/h1-4H,5,9H2,(H,7,8). The minimum atomic E-state index is 0.844. The van der Waals surface area contributed by atoms with Crippen molar-refractivity contribution >= 4 is 15.1 Å². The van der Waals surface area contributed by atoms with Crippen molar-refractivity contribution in [2.75, 3.05) is 11.6 Å². The van der Waals surface area contributed by atoms with Crippen LogP contribution in [0.5, 0.6) is 0 Å². The lowest BCUT2D eigenvalue weighted by Crippen LogP contribution is -1.94. The zero-order valence-corrected chi connectivity index (χ0v) is 6.20. The normalized spacial score (nSPS) is 9.00. The van der Waals surface area contributed by atoms with E-state index in [-0.39, 0.29) is 0 Å². The van der Waals surface area contributed by atoms with Crippen LogP contribution >= 0.6 is 9.24 Å². The van der Waals surface area contributed by atoms with E-state index in [0.29, 0.717) is 0 Å². The van der Waals surface area contributed by atoms with Crippen LogP contribution in [0.25, 0.3) is 0 Å². The van der Waals surface area contributed by atoms with E-state index in [1.807, 2.05) is 18.2 Å². The number of pyridine rings is 1. The van der Waals surface area contributed by atoms with Crippen LogP contribution in [0.2, 0.25) is 0 Å². The van der Waals surface area contributed by atoms with Gasteiger partial charge in [-0.2, -0.15) is 0 Å². The quantitative estimate of drug-likeness (QED) is 0.627. The summed E-state index contributed by atoms with van der Waals surface area (Å²) in [5.74, 6) is 0.924. The third kappa shape index (κ3) is 1.98. The number of hydrogen-bond donors (Lipinski definition) is 1. The van der Waals surface area contributed by atoms with Gasteiger partial charge in [0.2, 0.25) is 0 Å². The van der Waals surface area contributed by atoms with Gasteiger partial charge in [0.15, 0.2) is 0 Å². The maximum absolute atomic E-state index is 4.04. The molecule has 0 saturated carbocycles. The molecule has 0 aliphatic heterocycles. The summed E-state index contributed by atoms with van der Waals surface area (Å²) in [5, 5.41) is 3.06. The van der Waals surface area contributed by atoms with Crippen LogP contribution in [0.3, 0.4) is 0 Å². The minimum Gasteiger partial charge on any atom is -0.367 e. The van der Waals surface area contributed by atoms with E-state index in [4.69, 9.17) is 0 Å². The highest BCUT2D eigenvalue weighted by atomic mass is 31.0.